The average molecular weight is 261 g/mol. The molecule has 1 saturated carbocycles. The lowest BCUT2D eigenvalue weighted by molar-refractivity contribution is -0.130. The fourth-order valence-corrected chi connectivity index (χ4v) is 3.27. The highest BCUT2D eigenvalue weighted by Crippen LogP contribution is 2.43. The fourth-order valence-electron chi connectivity index (χ4n) is 3.27. The van der Waals surface area contributed by atoms with Crippen molar-refractivity contribution < 1.29 is 4.79 Å². The Morgan fingerprint density at radius 2 is 1.88 bits per heavy atom. The Labute approximate surface area is 111 Å². The van der Waals surface area contributed by atoms with Gasteiger partial charge in [-0.05, 0) is 37.6 Å². The standard InChI is InChI=1S/C13H24N2O.ClH/c14-9-4-5-12(16)15-10-8-13(11-15)6-2-1-3-7-13;/h1-11,14H2;1H. The van der Waals surface area contributed by atoms with Crippen LogP contribution in [-0.2, 0) is 4.79 Å². The van der Waals surface area contributed by atoms with Gasteiger partial charge in [0.15, 0.2) is 0 Å². The van der Waals surface area contributed by atoms with Gasteiger partial charge in [-0.1, -0.05) is 19.3 Å². The molecule has 1 aliphatic heterocycles. The third-order valence-corrected chi connectivity index (χ3v) is 4.30. The van der Waals surface area contributed by atoms with Crippen molar-refractivity contribution in [3.05, 3.63) is 0 Å². The second-order valence-corrected chi connectivity index (χ2v) is 5.52. The largest absolute Gasteiger partial charge is 0.342 e. The number of carbonyl (C=O) groups is 1. The molecule has 0 aromatic rings. The molecule has 2 rings (SSSR count). The van der Waals surface area contributed by atoms with Gasteiger partial charge in [-0.25, -0.2) is 0 Å². The minimum Gasteiger partial charge on any atom is -0.342 e. The summed E-state index contributed by atoms with van der Waals surface area (Å²) in [6, 6.07) is 0. The predicted octanol–water partition coefficient (Wildman–Crippen LogP) is 2.33. The highest BCUT2D eigenvalue weighted by Gasteiger charge is 2.39. The molecule has 2 N–H and O–H groups in total. The van der Waals surface area contributed by atoms with Gasteiger partial charge in [0.05, 0.1) is 0 Å². The molecule has 2 aliphatic rings. The van der Waals surface area contributed by atoms with E-state index in [0.717, 1.165) is 19.5 Å². The minimum absolute atomic E-state index is 0. The van der Waals surface area contributed by atoms with Crippen molar-refractivity contribution in [2.24, 2.45) is 11.1 Å². The zero-order valence-electron chi connectivity index (χ0n) is 10.6. The van der Waals surface area contributed by atoms with E-state index in [1.807, 2.05) is 0 Å². The SMILES string of the molecule is Cl.NCCCC(=O)N1CCC2(CCCCC2)C1. The molecule has 1 amide bonds. The zero-order valence-corrected chi connectivity index (χ0v) is 11.4. The molecule has 0 atom stereocenters. The van der Waals surface area contributed by atoms with Crippen molar-refractivity contribution in [3.8, 4) is 0 Å². The first-order valence-electron chi connectivity index (χ1n) is 6.74. The van der Waals surface area contributed by atoms with Crippen LogP contribution in [0.3, 0.4) is 0 Å². The van der Waals surface area contributed by atoms with Crippen molar-refractivity contribution >= 4 is 18.3 Å². The molecule has 1 aliphatic carbocycles. The maximum absolute atomic E-state index is 11.9. The number of rotatable bonds is 3. The van der Waals surface area contributed by atoms with Gasteiger partial charge in [-0.2, -0.15) is 0 Å². The van der Waals surface area contributed by atoms with Crippen LogP contribution in [0.5, 0.6) is 0 Å². The number of halogens is 1. The van der Waals surface area contributed by atoms with Gasteiger partial charge < -0.3 is 10.6 Å². The molecule has 0 bridgehead atoms. The first kappa shape index (κ1) is 14.8. The highest BCUT2D eigenvalue weighted by molar-refractivity contribution is 5.85. The highest BCUT2D eigenvalue weighted by atomic mass is 35.5. The maximum Gasteiger partial charge on any atom is 0.222 e. The van der Waals surface area contributed by atoms with Crippen LogP contribution in [0, 0.1) is 5.41 Å². The molecule has 100 valence electrons. The summed E-state index contributed by atoms with van der Waals surface area (Å²) in [5.74, 6) is 0.327. The predicted molar refractivity (Wildman–Crippen MR) is 72.3 cm³/mol. The second kappa shape index (κ2) is 6.60. The van der Waals surface area contributed by atoms with E-state index in [-0.39, 0.29) is 12.4 Å². The van der Waals surface area contributed by atoms with E-state index in [0.29, 0.717) is 24.3 Å². The Morgan fingerprint density at radius 1 is 1.18 bits per heavy atom. The second-order valence-electron chi connectivity index (χ2n) is 5.52. The molecule has 0 aromatic carbocycles. The summed E-state index contributed by atoms with van der Waals surface area (Å²) in [5.41, 5.74) is 5.94. The molecule has 0 aromatic heterocycles. The number of hydrogen-bond acceptors (Lipinski definition) is 2. The molecule has 0 unspecified atom stereocenters. The quantitative estimate of drug-likeness (QED) is 0.847. The van der Waals surface area contributed by atoms with Crippen molar-refractivity contribution in [1.29, 1.82) is 0 Å². The molecule has 1 heterocycles. The molecule has 0 radical (unpaired) electrons. The van der Waals surface area contributed by atoms with Crippen LogP contribution >= 0.6 is 12.4 Å². The fraction of sp³-hybridized carbons (Fsp3) is 0.923. The Hall–Kier alpha value is -0.280. The lowest BCUT2D eigenvalue weighted by Crippen LogP contribution is -2.33. The van der Waals surface area contributed by atoms with Crippen LogP contribution in [0.2, 0.25) is 0 Å². The normalized spacial score (nSPS) is 22.5. The number of nitrogens with two attached hydrogens (primary N) is 1. The van der Waals surface area contributed by atoms with Crippen molar-refractivity contribution in [2.75, 3.05) is 19.6 Å². The Morgan fingerprint density at radius 3 is 2.53 bits per heavy atom. The summed E-state index contributed by atoms with van der Waals surface area (Å²) >= 11 is 0. The third kappa shape index (κ3) is 3.59. The molecule has 3 nitrogen and oxygen atoms in total. The molecular formula is C13H25ClN2O. The van der Waals surface area contributed by atoms with Gasteiger partial charge in [0, 0.05) is 19.5 Å². The van der Waals surface area contributed by atoms with E-state index < -0.39 is 0 Å². The number of hydrogen-bond donors (Lipinski definition) is 1. The van der Waals surface area contributed by atoms with Crippen LogP contribution in [0.1, 0.15) is 51.4 Å². The molecule has 1 spiro atoms. The number of nitrogens with zero attached hydrogens (tertiary/aromatic N) is 1. The summed E-state index contributed by atoms with van der Waals surface area (Å²) < 4.78 is 0. The lowest BCUT2D eigenvalue weighted by atomic mass is 9.73. The summed E-state index contributed by atoms with van der Waals surface area (Å²) in [6.07, 6.45) is 9.52. The van der Waals surface area contributed by atoms with Crippen molar-refractivity contribution in [1.82, 2.24) is 4.90 Å². The Balaban J connectivity index is 0.00000144. The smallest absolute Gasteiger partial charge is 0.222 e. The maximum atomic E-state index is 11.9. The molecule has 4 heteroatoms. The van der Waals surface area contributed by atoms with Gasteiger partial charge in [-0.3, -0.25) is 4.79 Å². The van der Waals surface area contributed by atoms with Gasteiger partial charge >= 0.3 is 0 Å². The summed E-state index contributed by atoms with van der Waals surface area (Å²) in [4.78, 5) is 14.0. The van der Waals surface area contributed by atoms with E-state index in [4.69, 9.17) is 5.73 Å². The minimum atomic E-state index is 0. The Kier molecular flexibility index (Phi) is 5.74. The van der Waals surface area contributed by atoms with Crippen LogP contribution < -0.4 is 5.73 Å². The van der Waals surface area contributed by atoms with E-state index in [1.54, 1.807) is 0 Å². The van der Waals surface area contributed by atoms with Gasteiger partial charge in [-0.15, -0.1) is 12.4 Å². The summed E-state index contributed by atoms with van der Waals surface area (Å²) in [7, 11) is 0. The van der Waals surface area contributed by atoms with Crippen LogP contribution in [0.25, 0.3) is 0 Å². The first-order chi connectivity index (χ1) is 7.76. The van der Waals surface area contributed by atoms with Crippen molar-refractivity contribution in [3.63, 3.8) is 0 Å². The molecule has 2 fully saturated rings. The zero-order chi connectivity index (χ0) is 11.4. The third-order valence-electron chi connectivity index (χ3n) is 4.30. The van der Waals surface area contributed by atoms with Crippen LogP contribution in [-0.4, -0.2) is 30.4 Å². The molecule has 1 saturated heterocycles. The Bertz CT molecular complexity index is 252. The lowest BCUT2D eigenvalue weighted by Gasteiger charge is -2.33. The van der Waals surface area contributed by atoms with Crippen molar-refractivity contribution in [2.45, 2.75) is 51.4 Å². The van der Waals surface area contributed by atoms with E-state index in [2.05, 4.69) is 4.90 Å². The molecule has 17 heavy (non-hydrogen) atoms. The van der Waals surface area contributed by atoms with Gasteiger partial charge in [0.2, 0.25) is 5.91 Å². The topological polar surface area (TPSA) is 46.3 Å². The van der Waals surface area contributed by atoms with Gasteiger partial charge in [0.25, 0.3) is 0 Å². The van der Waals surface area contributed by atoms with Crippen LogP contribution in [0.15, 0.2) is 0 Å². The van der Waals surface area contributed by atoms with Crippen LogP contribution in [0.4, 0.5) is 0 Å². The first-order valence-corrected chi connectivity index (χ1v) is 6.74. The van der Waals surface area contributed by atoms with E-state index in [9.17, 15) is 4.79 Å². The van der Waals surface area contributed by atoms with E-state index in [1.165, 1.54) is 38.5 Å². The number of amides is 1. The molecular weight excluding hydrogens is 236 g/mol. The summed E-state index contributed by atoms with van der Waals surface area (Å²) in [6.45, 7) is 2.64. The van der Waals surface area contributed by atoms with E-state index >= 15 is 0 Å². The number of likely N-dealkylation sites (tertiary alicyclic amines) is 1. The summed E-state index contributed by atoms with van der Waals surface area (Å²) in [5, 5.41) is 0. The number of carbonyl (C=O) groups excluding carboxylic acids is 1. The monoisotopic (exact) mass is 260 g/mol. The van der Waals surface area contributed by atoms with Gasteiger partial charge in [0.1, 0.15) is 0 Å². The average Bonchev–Trinajstić information content (AvgIpc) is 2.71.